The first-order valence-electron chi connectivity index (χ1n) is 5.30. The van der Waals surface area contributed by atoms with Crippen molar-refractivity contribution < 1.29 is 14.3 Å². The number of carbonyl (C=O) groups is 1. The average molecular weight is 243 g/mol. The number of nitrogens with one attached hydrogen (secondary N) is 1. The van der Waals surface area contributed by atoms with Gasteiger partial charge in [0.05, 0.1) is 11.1 Å². The lowest BCUT2D eigenvalue weighted by atomic mass is 10.2. The van der Waals surface area contributed by atoms with Gasteiger partial charge in [0.25, 0.3) is 0 Å². The van der Waals surface area contributed by atoms with Gasteiger partial charge in [-0.25, -0.2) is 14.8 Å². The fourth-order valence-corrected chi connectivity index (χ4v) is 1.77. The topological polar surface area (TPSA) is 92.0 Å². The summed E-state index contributed by atoms with van der Waals surface area (Å²) in [4.78, 5) is 22.2. The highest BCUT2D eigenvalue weighted by atomic mass is 16.4. The van der Waals surface area contributed by atoms with Gasteiger partial charge in [-0.3, -0.25) is 0 Å². The standard InChI is InChI=1S/C12H9N3O3/c1-6-2-3-8(18-6)10-14-9-7(12(16)17)4-5-13-11(9)15-10/h2-5H,1H3,(H,16,17)(H,13,14,15). The molecule has 0 aliphatic carbocycles. The van der Waals surface area contributed by atoms with Crippen LogP contribution in [-0.4, -0.2) is 26.0 Å². The first kappa shape index (κ1) is 10.5. The van der Waals surface area contributed by atoms with Crippen LogP contribution in [0.25, 0.3) is 22.7 Å². The molecule has 0 aliphatic rings. The van der Waals surface area contributed by atoms with Gasteiger partial charge >= 0.3 is 5.97 Å². The zero-order valence-electron chi connectivity index (χ0n) is 9.47. The highest BCUT2D eigenvalue weighted by Gasteiger charge is 2.15. The zero-order chi connectivity index (χ0) is 12.7. The van der Waals surface area contributed by atoms with Crippen molar-refractivity contribution in [3.8, 4) is 11.6 Å². The Kier molecular flexibility index (Phi) is 2.16. The summed E-state index contributed by atoms with van der Waals surface area (Å²) in [6, 6.07) is 5.02. The maximum absolute atomic E-state index is 11.1. The summed E-state index contributed by atoms with van der Waals surface area (Å²) in [6.45, 7) is 1.83. The van der Waals surface area contributed by atoms with E-state index in [1.54, 1.807) is 6.07 Å². The summed E-state index contributed by atoms with van der Waals surface area (Å²) in [5, 5.41) is 9.07. The molecule has 0 amide bonds. The number of carboxylic acid groups (broad SMARTS) is 1. The normalized spacial score (nSPS) is 10.9. The van der Waals surface area contributed by atoms with Crippen LogP contribution in [0.1, 0.15) is 16.1 Å². The molecule has 0 aromatic carbocycles. The van der Waals surface area contributed by atoms with Gasteiger partial charge in [0.15, 0.2) is 17.2 Å². The SMILES string of the molecule is Cc1ccc(-c2nc3nccc(C(=O)O)c3[nH]2)o1. The van der Waals surface area contributed by atoms with Crippen LogP contribution in [-0.2, 0) is 0 Å². The molecule has 3 heterocycles. The Morgan fingerprint density at radius 3 is 2.89 bits per heavy atom. The number of hydrogen-bond donors (Lipinski definition) is 2. The molecule has 0 spiro atoms. The van der Waals surface area contributed by atoms with E-state index < -0.39 is 5.97 Å². The third-order valence-electron chi connectivity index (χ3n) is 2.60. The molecule has 0 aliphatic heterocycles. The van der Waals surface area contributed by atoms with Gasteiger partial charge in [0.1, 0.15) is 5.76 Å². The first-order valence-corrected chi connectivity index (χ1v) is 5.30. The molecule has 3 aromatic heterocycles. The summed E-state index contributed by atoms with van der Waals surface area (Å²) in [5.74, 6) is 0.770. The van der Waals surface area contributed by atoms with Crippen molar-refractivity contribution >= 4 is 17.1 Å². The summed E-state index contributed by atoms with van der Waals surface area (Å²) >= 11 is 0. The Labute approximate surface area is 101 Å². The van der Waals surface area contributed by atoms with E-state index >= 15 is 0 Å². The fraction of sp³-hybridized carbons (Fsp3) is 0.0833. The van der Waals surface area contributed by atoms with Crippen LogP contribution in [0.5, 0.6) is 0 Å². The monoisotopic (exact) mass is 243 g/mol. The van der Waals surface area contributed by atoms with Gasteiger partial charge in [0.2, 0.25) is 0 Å². The van der Waals surface area contributed by atoms with Gasteiger partial charge in [-0.15, -0.1) is 0 Å². The maximum Gasteiger partial charge on any atom is 0.338 e. The van der Waals surface area contributed by atoms with Crippen molar-refractivity contribution in [2.24, 2.45) is 0 Å². The number of hydrogen-bond acceptors (Lipinski definition) is 4. The summed E-state index contributed by atoms with van der Waals surface area (Å²) < 4.78 is 5.43. The Morgan fingerprint density at radius 1 is 1.39 bits per heavy atom. The van der Waals surface area contributed by atoms with E-state index in [1.807, 2.05) is 13.0 Å². The lowest BCUT2D eigenvalue weighted by molar-refractivity contribution is 0.0698. The number of imidazole rings is 1. The second-order valence-electron chi connectivity index (χ2n) is 3.86. The van der Waals surface area contributed by atoms with Crippen LogP contribution in [0.3, 0.4) is 0 Å². The molecule has 2 N–H and O–H groups in total. The molecule has 0 bridgehead atoms. The maximum atomic E-state index is 11.1. The van der Waals surface area contributed by atoms with Crippen LogP contribution >= 0.6 is 0 Å². The molecule has 90 valence electrons. The molecular formula is C12H9N3O3. The zero-order valence-corrected chi connectivity index (χ0v) is 9.47. The van der Waals surface area contributed by atoms with Crippen molar-refractivity contribution in [1.29, 1.82) is 0 Å². The van der Waals surface area contributed by atoms with Crippen molar-refractivity contribution in [1.82, 2.24) is 15.0 Å². The summed E-state index contributed by atoms with van der Waals surface area (Å²) in [5.41, 5.74) is 0.898. The minimum absolute atomic E-state index is 0.141. The lowest BCUT2D eigenvalue weighted by Gasteiger charge is -1.93. The van der Waals surface area contributed by atoms with E-state index in [2.05, 4.69) is 15.0 Å². The number of carboxylic acids is 1. The van der Waals surface area contributed by atoms with Gasteiger partial charge in [-0.05, 0) is 25.1 Å². The molecule has 0 saturated heterocycles. The predicted octanol–water partition coefficient (Wildman–Crippen LogP) is 2.22. The number of aromatic nitrogens is 3. The number of aryl methyl sites for hydroxylation is 1. The number of rotatable bonds is 2. The van der Waals surface area contributed by atoms with E-state index in [4.69, 9.17) is 9.52 Å². The smallest absolute Gasteiger partial charge is 0.338 e. The second kappa shape index (κ2) is 3.69. The molecule has 0 unspecified atom stereocenters. The summed E-state index contributed by atoms with van der Waals surface area (Å²) in [7, 11) is 0. The molecule has 3 aromatic rings. The van der Waals surface area contributed by atoms with Gasteiger partial charge in [0, 0.05) is 6.20 Å². The quantitative estimate of drug-likeness (QED) is 0.720. The van der Waals surface area contributed by atoms with Crippen molar-refractivity contribution in [3.63, 3.8) is 0 Å². The minimum atomic E-state index is -1.02. The van der Waals surface area contributed by atoms with Gasteiger partial charge in [-0.2, -0.15) is 0 Å². The molecule has 3 rings (SSSR count). The molecule has 0 saturated carbocycles. The van der Waals surface area contributed by atoms with E-state index in [0.717, 1.165) is 5.76 Å². The Hall–Kier alpha value is -2.63. The Balaban J connectivity index is 2.22. The number of fused-ring (bicyclic) bond motifs is 1. The van der Waals surface area contributed by atoms with E-state index in [1.165, 1.54) is 12.3 Å². The molecule has 18 heavy (non-hydrogen) atoms. The van der Waals surface area contributed by atoms with E-state index in [-0.39, 0.29) is 5.56 Å². The number of pyridine rings is 1. The largest absolute Gasteiger partial charge is 0.478 e. The Morgan fingerprint density at radius 2 is 2.22 bits per heavy atom. The third kappa shape index (κ3) is 1.55. The minimum Gasteiger partial charge on any atom is -0.478 e. The third-order valence-corrected chi connectivity index (χ3v) is 2.60. The van der Waals surface area contributed by atoms with Crippen LogP contribution in [0, 0.1) is 6.92 Å². The first-order chi connectivity index (χ1) is 8.65. The highest BCUT2D eigenvalue weighted by Crippen LogP contribution is 2.23. The number of aromatic carboxylic acids is 1. The van der Waals surface area contributed by atoms with Crippen molar-refractivity contribution in [2.45, 2.75) is 6.92 Å². The van der Waals surface area contributed by atoms with Gasteiger partial charge < -0.3 is 14.5 Å². The molecule has 0 radical (unpaired) electrons. The second-order valence-corrected chi connectivity index (χ2v) is 3.86. The lowest BCUT2D eigenvalue weighted by Crippen LogP contribution is -1.97. The summed E-state index contributed by atoms with van der Waals surface area (Å²) in [6.07, 6.45) is 1.42. The molecule has 6 heteroatoms. The van der Waals surface area contributed by atoms with Crippen LogP contribution < -0.4 is 0 Å². The molecular weight excluding hydrogens is 234 g/mol. The fourth-order valence-electron chi connectivity index (χ4n) is 1.77. The van der Waals surface area contributed by atoms with E-state index in [9.17, 15) is 4.79 Å². The Bertz CT molecular complexity index is 742. The average Bonchev–Trinajstić information content (AvgIpc) is 2.93. The number of aromatic amines is 1. The van der Waals surface area contributed by atoms with Crippen molar-refractivity contribution in [2.75, 3.05) is 0 Å². The van der Waals surface area contributed by atoms with Crippen LogP contribution in [0.15, 0.2) is 28.8 Å². The predicted molar refractivity (Wildman–Crippen MR) is 63.3 cm³/mol. The number of H-pyrrole nitrogens is 1. The van der Waals surface area contributed by atoms with Crippen LogP contribution in [0.4, 0.5) is 0 Å². The molecule has 0 fully saturated rings. The molecule has 0 atom stereocenters. The van der Waals surface area contributed by atoms with Crippen LogP contribution in [0.2, 0.25) is 0 Å². The van der Waals surface area contributed by atoms with E-state index in [0.29, 0.717) is 22.7 Å². The van der Waals surface area contributed by atoms with Crippen molar-refractivity contribution in [3.05, 3.63) is 35.7 Å². The van der Waals surface area contributed by atoms with Gasteiger partial charge in [-0.1, -0.05) is 0 Å². The number of furan rings is 1. The number of nitrogens with zero attached hydrogens (tertiary/aromatic N) is 2. The molecule has 6 nitrogen and oxygen atoms in total. The highest BCUT2D eigenvalue weighted by molar-refractivity contribution is 6.00.